The Bertz CT molecular complexity index is 1100. The zero-order chi connectivity index (χ0) is 19.8. The molecule has 4 rings (SSSR count). The van der Waals surface area contributed by atoms with Crippen molar-refractivity contribution in [2.75, 3.05) is 4.90 Å². The van der Waals surface area contributed by atoms with Gasteiger partial charge in [-0.05, 0) is 61.2 Å². The summed E-state index contributed by atoms with van der Waals surface area (Å²) in [6.07, 6.45) is 0. The lowest BCUT2D eigenvalue weighted by atomic mass is 10.1. The average molecular weight is 426 g/mol. The van der Waals surface area contributed by atoms with Gasteiger partial charge in [0.1, 0.15) is 0 Å². The molecule has 1 aliphatic rings. The molecule has 2 amide bonds. The summed E-state index contributed by atoms with van der Waals surface area (Å²) in [6, 6.07) is 16.7. The van der Waals surface area contributed by atoms with Gasteiger partial charge in [-0.3, -0.25) is 9.59 Å². The quantitative estimate of drug-likeness (QED) is 0.474. The number of hydrogen-bond acceptors (Lipinski definition) is 4. The van der Waals surface area contributed by atoms with Gasteiger partial charge >= 0.3 is 0 Å². The molecule has 3 nitrogen and oxygen atoms in total. The van der Waals surface area contributed by atoms with Gasteiger partial charge in [-0.25, -0.2) is 4.90 Å². The van der Waals surface area contributed by atoms with E-state index in [0.29, 0.717) is 21.2 Å². The van der Waals surface area contributed by atoms with Gasteiger partial charge < -0.3 is 0 Å². The van der Waals surface area contributed by atoms with Gasteiger partial charge in [0, 0.05) is 14.8 Å². The van der Waals surface area contributed by atoms with E-state index in [9.17, 15) is 9.59 Å². The highest BCUT2D eigenvalue weighted by Crippen LogP contribution is 2.43. The van der Waals surface area contributed by atoms with Gasteiger partial charge in [-0.15, -0.1) is 11.3 Å². The summed E-state index contributed by atoms with van der Waals surface area (Å²) in [5.74, 6) is -0.573. The monoisotopic (exact) mass is 425 g/mol. The van der Waals surface area contributed by atoms with Crippen molar-refractivity contribution in [3.05, 3.63) is 85.9 Å². The fourth-order valence-electron chi connectivity index (χ4n) is 3.14. The van der Waals surface area contributed by atoms with Crippen LogP contribution in [-0.4, -0.2) is 11.8 Å². The van der Waals surface area contributed by atoms with Crippen LogP contribution >= 0.6 is 34.7 Å². The smallest absolute Gasteiger partial charge is 0.268 e. The maximum Gasteiger partial charge on any atom is 0.272 e. The van der Waals surface area contributed by atoms with Gasteiger partial charge in [-0.1, -0.05) is 47.1 Å². The fraction of sp³-hybridized carbons (Fsp3) is 0.0909. The van der Waals surface area contributed by atoms with E-state index >= 15 is 0 Å². The lowest BCUT2D eigenvalue weighted by molar-refractivity contribution is -0.119. The Morgan fingerprint density at radius 2 is 1.71 bits per heavy atom. The summed E-state index contributed by atoms with van der Waals surface area (Å²) in [6.45, 7) is 3.90. The van der Waals surface area contributed by atoms with Crippen LogP contribution in [0, 0.1) is 13.8 Å². The number of benzene rings is 2. The predicted molar refractivity (Wildman–Crippen MR) is 117 cm³/mol. The number of thiophene rings is 1. The van der Waals surface area contributed by atoms with Crippen LogP contribution in [0.2, 0.25) is 5.02 Å². The van der Waals surface area contributed by atoms with Crippen LogP contribution in [0.5, 0.6) is 0 Å². The van der Waals surface area contributed by atoms with Crippen LogP contribution in [0.1, 0.15) is 16.0 Å². The predicted octanol–water partition coefficient (Wildman–Crippen LogP) is 6.10. The molecule has 6 heteroatoms. The summed E-state index contributed by atoms with van der Waals surface area (Å²) in [5.41, 5.74) is 3.06. The second kappa shape index (κ2) is 7.59. The number of rotatable bonds is 4. The first kappa shape index (κ1) is 19.0. The Kier molecular flexibility index (Phi) is 5.15. The summed E-state index contributed by atoms with van der Waals surface area (Å²) in [7, 11) is 0. The SMILES string of the molecule is Cc1ccc(N2C(=O)C(Sc3ccc(Cl)cc3)=C(c3cccs3)C2=O)c(C)c1. The first-order chi connectivity index (χ1) is 13.5. The first-order valence-corrected chi connectivity index (χ1v) is 10.7. The van der Waals surface area contributed by atoms with Gasteiger partial charge in [-0.2, -0.15) is 0 Å². The standard InChI is InChI=1S/C22H16ClNO2S2/c1-13-5-10-17(14(2)12-13)24-21(25)19(18-4-3-11-27-18)20(22(24)26)28-16-8-6-15(23)7-9-16/h3-12H,1-2H3. The van der Waals surface area contributed by atoms with Gasteiger partial charge in [0.15, 0.2) is 0 Å². The van der Waals surface area contributed by atoms with Crippen molar-refractivity contribution in [1.29, 1.82) is 0 Å². The number of carbonyl (C=O) groups excluding carboxylic acids is 2. The molecule has 0 bridgehead atoms. The van der Waals surface area contributed by atoms with Crippen molar-refractivity contribution in [2.24, 2.45) is 0 Å². The number of nitrogens with zero attached hydrogens (tertiary/aromatic N) is 1. The molecule has 0 unspecified atom stereocenters. The van der Waals surface area contributed by atoms with Crippen LogP contribution in [0.15, 0.2) is 69.8 Å². The van der Waals surface area contributed by atoms with Crippen molar-refractivity contribution in [3.8, 4) is 0 Å². The average Bonchev–Trinajstić information content (AvgIpc) is 3.25. The minimum atomic E-state index is -0.291. The molecule has 28 heavy (non-hydrogen) atoms. The topological polar surface area (TPSA) is 37.4 Å². The van der Waals surface area contributed by atoms with Crippen LogP contribution in [0.4, 0.5) is 5.69 Å². The Morgan fingerprint density at radius 1 is 0.964 bits per heavy atom. The van der Waals surface area contributed by atoms with Crippen molar-refractivity contribution < 1.29 is 9.59 Å². The number of aryl methyl sites for hydroxylation is 2. The zero-order valence-electron chi connectivity index (χ0n) is 15.2. The molecule has 3 aromatic rings. The highest BCUT2D eigenvalue weighted by atomic mass is 35.5. The summed E-state index contributed by atoms with van der Waals surface area (Å²) < 4.78 is 0. The van der Waals surface area contributed by atoms with E-state index in [1.165, 1.54) is 28.0 Å². The maximum atomic E-state index is 13.3. The molecule has 1 aliphatic heterocycles. The Labute approximate surface area is 176 Å². The number of amides is 2. The number of hydrogen-bond donors (Lipinski definition) is 0. The molecule has 0 N–H and O–H groups in total. The molecule has 0 saturated heterocycles. The minimum absolute atomic E-state index is 0.282. The Balaban J connectivity index is 1.80. The number of halogens is 1. The van der Waals surface area contributed by atoms with E-state index < -0.39 is 0 Å². The molecular formula is C22H16ClNO2S2. The molecule has 0 atom stereocenters. The van der Waals surface area contributed by atoms with E-state index in [4.69, 9.17) is 11.6 Å². The van der Waals surface area contributed by atoms with E-state index in [-0.39, 0.29) is 11.8 Å². The van der Waals surface area contributed by atoms with E-state index in [0.717, 1.165) is 20.9 Å². The van der Waals surface area contributed by atoms with Crippen LogP contribution in [0.25, 0.3) is 5.57 Å². The number of carbonyl (C=O) groups is 2. The maximum absolute atomic E-state index is 13.3. The zero-order valence-corrected chi connectivity index (χ0v) is 17.6. The first-order valence-electron chi connectivity index (χ1n) is 8.63. The second-order valence-electron chi connectivity index (χ2n) is 6.47. The van der Waals surface area contributed by atoms with Crippen molar-refractivity contribution in [3.63, 3.8) is 0 Å². The normalized spacial score (nSPS) is 14.3. The summed E-state index contributed by atoms with van der Waals surface area (Å²) in [4.78, 5) is 30.0. The highest BCUT2D eigenvalue weighted by molar-refractivity contribution is 8.04. The Morgan fingerprint density at radius 3 is 2.36 bits per heavy atom. The van der Waals surface area contributed by atoms with Crippen LogP contribution in [-0.2, 0) is 9.59 Å². The molecular weight excluding hydrogens is 410 g/mol. The third-order valence-corrected chi connectivity index (χ3v) is 6.67. The third kappa shape index (κ3) is 3.41. The molecule has 0 fully saturated rings. The van der Waals surface area contributed by atoms with E-state index in [1.54, 1.807) is 12.1 Å². The fourth-order valence-corrected chi connectivity index (χ4v) is 5.08. The van der Waals surface area contributed by atoms with Crippen molar-refractivity contribution in [2.45, 2.75) is 18.7 Å². The van der Waals surface area contributed by atoms with Crippen LogP contribution in [0.3, 0.4) is 0 Å². The molecule has 0 saturated carbocycles. The Hall–Kier alpha value is -2.34. The number of imide groups is 1. The van der Waals surface area contributed by atoms with E-state index in [2.05, 4.69) is 0 Å². The summed E-state index contributed by atoms with van der Waals surface area (Å²) in [5, 5.41) is 2.53. The lowest BCUT2D eigenvalue weighted by Crippen LogP contribution is -2.31. The highest BCUT2D eigenvalue weighted by Gasteiger charge is 2.41. The van der Waals surface area contributed by atoms with Crippen molar-refractivity contribution >= 4 is 57.8 Å². The summed E-state index contributed by atoms with van der Waals surface area (Å²) >= 11 is 8.73. The largest absolute Gasteiger partial charge is 0.272 e. The van der Waals surface area contributed by atoms with Gasteiger partial charge in [0.05, 0.1) is 16.2 Å². The molecule has 1 aromatic heterocycles. The molecule has 140 valence electrons. The lowest BCUT2D eigenvalue weighted by Gasteiger charge is -2.18. The van der Waals surface area contributed by atoms with Gasteiger partial charge in [0.2, 0.25) is 0 Å². The molecule has 0 radical (unpaired) electrons. The minimum Gasteiger partial charge on any atom is -0.268 e. The second-order valence-corrected chi connectivity index (χ2v) is 8.94. The van der Waals surface area contributed by atoms with Gasteiger partial charge in [0.25, 0.3) is 11.8 Å². The third-order valence-electron chi connectivity index (χ3n) is 4.44. The molecule has 2 aromatic carbocycles. The van der Waals surface area contributed by atoms with E-state index in [1.807, 2.05) is 61.7 Å². The number of anilines is 1. The molecule has 2 heterocycles. The molecule has 0 spiro atoms. The number of thioether (sulfide) groups is 1. The van der Waals surface area contributed by atoms with Crippen LogP contribution < -0.4 is 4.90 Å². The van der Waals surface area contributed by atoms with Crippen molar-refractivity contribution in [1.82, 2.24) is 0 Å². The molecule has 0 aliphatic carbocycles.